The van der Waals surface area contributed by atoms with Gasteiger partial charge in [-0.15, -0.1) is 0 Å². The minimum Gasteiger partial charge on any atom is -0.497 e. The Bertz CT molecular complexity index is 941. The minimum atomic E-state index is -0.493. The van der Waals surface area contributed by atoms with E-state index in [1.165, 1.54) is 5.56 Å². The second-order valence-electron chi connectivity index (χ2n) is 6.70. The third-order valence-corrected chi connectivity index (χ3v) is 5.34. The lowest BCUT2D eigenvalue weighted by Crippen LogP contribution is -2.34. The maximum atomic E-state index is 12.5. The average Bonchev–Trinajstić information content (AvgIpc) is 3.29. The number of carbonyl (C=O) groups is 1. The molecule has 3 aliphatic rings. The van der Waals surface area contributed by atoms with E-state index in [1.54, 1.807) is 26.4 Å². The summed E-state index contributed by atoms with van der Waals surface area (Å²) >= 11 is 0. The first kappa shape index (κ1) is 16.3. The van der Waals surface area contributed by atoms with Crippen molar-refractivity contribution in [3.63, 3.8) is 0 Å². The van der Waals surface area contributed by atoms with Gasteiger partial charge in [-0.25, -0.2) is 4.79 Å². The van der Waals surface area contributed by atoms with Crippen LogP contribution in [0.1, 0.15) is 39.2 Å². The number of nitrogens with one attached hydrogen (secondary N) is 1. The molecule has 2 aromatic carbocycles. The molecule has 2 atom stereocenters. The largest absolute Gasteiger partial charge is 0.497 e. The van der Waals surface area contributed by atoms with E-state index in [0.29, 0.717) is 22.8 Å². The van der Waals surface area contributed by atoms with Crippen molar-refractivity contribution in [2.24, 2.45) is 0 Å². The topological polar surface area (TPSA) is 75.3 Å². The number of methoxy groups -OCH3 is 2. The zero-order valence-corrected chi connectivity index (χ0v) is 15.0. The molecular formula is C20H19NO6. The first-order chi connectivity index (χ1) is 13.2. The van der Waals surface area contributed by atoms with Gasteiger partial charge in [0, 0.05) is 6.07 Å². The normalized spacial score (nSPS) is 22.1. The Morgan fingerprint density at radius 2 is 1.89 bits per heavy atom. The van der Waals surface area contributed by atoms with Crippen molar-refractivity contribution in [1.82, 2.24) is 5.32 Å². The van der Waals surface area contributed by atoms with Crippen LogP contribution in [0.25, 0.3) is 0 Å². The predicted octanol–water partition coefficient (Wildman–Crippen LogP) is 2.53. The highest BCUT2D eigenvalue weighted by molar-refractivity contribution is 5.95. The third kappa shape index (κ3) is 2.42. The fraction of sp³-hybridized carbons (Fsp3) is 0.350. The van der Waals surface area contributed by atoms with E-state index in [4.69, 9.17) is 23.7 Å². The summed E-state index contributed by atoms with van der Waals surface area (Å²) in [6.45, 7) is 1.00. The molecule has 27 heavy (non-hydrogen) atoms. The van der Waals surface area contributed by atoms with Gasteiger partial charge in [0.15, 0.2) is 17.6 Å². The van der Waals surface area contributed by atoms with Crippen LogP contribution >= 0.6 is 0 Å². The first-order valence-electron chi connectivity index (χ1n) is 8.82. The lowest BCUT2D eigenvalue weighted by molar-refractivity contribution is 0.0282. The van der Waals surface area contributed by atoms with Gasteiger partial charge in [-0.1, -0.05) is 0 Å². The van der Waals surface area contributed by atoms with Crippen molar-refractivity contribution in [3.05, 3.63) is 46.5 Å². The van der Waals surface area contributed by atoms with Crippen molar-refractivity contribution in [2.45, 2.75) is 18.6 Å². The Balaban J connectivity index is 1.62. The quantitative estimate of drug-likeness (QED) is 0.833. The Kier molecular flexibility index (Phi) is 3.65. The van der Waals surface area contributed by atoms with Gasteiger partial charge in [0.2, 0.25) is 6.79 Å². The van der Waals surface area contributed by atoms with E-state index in [0.717, 1.165) is 29.8 Å². The van der Waals surface area contributed by atoms with Crippen LogP contribution in [0.4, 0.5) is 0 Å². The molecule has 3 heterocycles. The number of rotatable bonds is 3. The predicted molar refractivity (Wildman–Crippen MR) is 94.7 cm³/mol. The van der Waals surface area contributed by atoms with E-state index in [9.17, 15) is 4.79 Å². The van der Waals surface area contributed by atoms with Crippen LogP contribution in [0, 0.1) is 0 Å². The smallest absolute Gasteiger partial charge is 0.339 e. The van der Waals surface area contributed by atoms with Crippen LogP contribution < -0.4 is 24.3 Å². The molecule has 0 radical (unpaired) electrons. The van der Waals surface area contributed by atoms with Crippen molar-refractivity contribution in [1.29, 1.82) is 0 Å². The number of benzene rings is 2. The fourth-order valence-electron chi connectivity index (χ4n) is 4.07. The van der Waals surface area contributed by atoms with E-state index in [1.807, 2.05) is 12.1 Å². The van der Waals surface area contributed by atoms with Gasteiger partial charge in [0.25, 0.3) is 0 Å². The van der Waals surface area contributed by atoms with E-state index in [2.05, 4.69) is 5.32 Å². The number of carbonyl (C=O) groups excluding carboxylic acids is 1. The van der Waals surface area contributed by atoms with Gasteiger partial charge in [-0.05, 0) is 42.3 Å². The first-order valence-corrected chi connectivity index (χ1v) is 8.82. The number of ether oxygens (including phenoxy) is 5. The summed E-state index contributed by atoms with van der Waals surface area (Å²) in [7, 11) is 3.13. The molecule has 0 aliphatic carbocycles. The number of cyclic esters (lactones) is 1. The summed E-state index contributed by atoms with van der Waals surface area (Å²) in [6.07, 6.45) is 0.378. The minimum absolute atomic E-state index is 0.198. The van der Waals surface area contributed by atoms with Crippen molar-refractivity contribution < 1.29 is 28.5 Å². The summed E-state index contributed by atoms with van der Waals surface area (Å²) in [5.74, 6) is 2.24. The molecule has 0 fully saturated rings. The highest BCUT2D eigenvalue weighted by Gasteiger charge is 2.42. The van der Waals surface area contributed by atoms with Crippen LogP contribution in [0.15, 0.2) is 24.3 Å². The Hall–Kier alpha value is -2.93. The maximum Gasteiger partial charge on any atom is 0.339 e. The summed E-state index contributed by atoms with van der Waals surface area (Å²) in [6, 6.07) is 7.28. The summed E-state index contributed by atoms with van der Waals surface area (Å²) in [5, 5.41) is 3.49. The fourth-order valence-corrected chi connectivity index (χ4v) is 4.07. The van der Waals surface area contributed by atoms with Gasteiger partial charge in [0.05, 0.1) is 31.4 Å². The molecule has 2 aromatic rings. The van der Waals surface area contributed by atoms with Crippen molar-refractivity contribution >= 4 is 5.97 Å². The number of hydrogen-bond donors (Lipinski definition) is 1. The van der Waals surface area contributed by atoms with Gasteiger partial charge < -0.3 is 29.0 Å². The molecule has 7 heteroatoms. The zero-order valence-electron chi connectivity index (χ0n) is 15.0. The van der Waals surface area contributed by atoms with Gasteiger partial charge in [0.1, 0.15) is 11.5 Å². The van der Waals surface area contributed by atoms with E-state index < -0.39 is 6.10 Å². The molecule has 0 saturated heterocycles. The molecule has 7 nitrogen and oxygen atoms in total. The summed E-state index contributed by atoms with van der Waals surface area (Å²) in [4.78, 5) is 12.5. The molecular weight excluding hydrogens is 350 g/mol. The average molecular weight is 369 g/mol. The maximum absolute atomic E-state index is 12.5. The van der Waals surface area contributed by atoms with Gasteiger partial charge >= 0.3 is 5.97 Å². The standard InChI is InChI=1S/C20H19NO6/c1-23-11-6-13-17(16(7-11)24-2)19(27-20(13)22)18-12-8-15-14(25-9-26-15)5-10(12)3-4-21-18/h5-8,18-19,21H,3-4,9H2,1-2H3. The van der Waals surface area contributed by atoms with Crippen LogP contribution in [0.5, 0.6) is 23.0 Å². The van der Waals surface area contributed by atoms with Crippen LogP contribution in [-0.2, 0) is 11.2 Å². The van der Waals surface area contributed by atoms with Gasteiger partial charge in [-0.3, -0.25) is 0 Å². The third-order valence-electron chi connectivity index (χ3n) is 5.34. The Morgan fingerprint density at radius 3 is 2.67 bits per heavy atom. The monoisotopic (exact) mass is 369 g/mol. The molecule has 0 aromatic heterocycles. The summed E-state index contributed by atoms with van der Waals surface area (Å²) < 4.78 is 27.7. The lowest BCUT2D eigenvalue weighted by atomic mass is 9.87. The zero-order chi connectivity index (χ0) is 18.5. The Labute approximate surface area is 156 Å². The molecule has 1 N–H and O–H groups in total. The highest BCUT2D eigenvalue weighted by Crippen LogP contribution is 2.49. The highest BCUT2D eigenvalue weighted by atomic mass is 16.7. The number of esters is 1. The van der Waals surface area contributed by atoms with Crippen LogP contribution in [0.2, 0.25) is 0 Å². The van der Waals surface area contributed by atoms with Crippen molar-refractivity contribution in [3.8, 4) is 23.0 Å². The molecule has 2 unspecified atom stereocenters. The van der Waals surface area contributed by atoms with Crippen LogP contribution in [0.3, 0.4) is 0 Å². The van der Waals surface area contributed by atoms with Gasteiger partial charge in [-0.2, -0.15) is 0 Å². The molecule has 5 rings (SSSR count). The number of hydrogen-bond acceptors (Lipinski definition) is 7. The van der Waals surface area contributed by atoms with E-state index >= 15 is 0 Å². The molecule has 0 spiro atoms. The molecule has 0 saturated carbocycles. The molecule has 3 aliphatic heterocycles. The second-order valence-corrected chi connectivity index (χ2v) is 6.70. The van der Waals surface area contributed by atoms with E-state index in [-0.39, 0.29) is 18.8 Å². The van der Waals surface area contributed by atoms with Crippen LogP contribution in [-0.4, -0.2) is 33.5 Å². The SMILES string of the molecule is COc1cc(OC)c2c(c1)C(=O)OC2C1NCCc2cc3c(cc21)OCO3. The lowest BCUT2D eigenvalue weighted by Gasteiger charge is -2.31. The second kappa shape index (κ2) is 6.06. The molecule has 0 bridgehead atoms. The summed E-state index contributed by atoms with van der Waals surface area (Å²) in [5.41, 5.74) is 3.44. The molecule has 0 amide bonds. The Morgan fingerprint density at radius 1 is 1.07 bits per heavy atom. The van der Waals surface area contributed by atoms with Crippen molar-refractivity contribution in [2.75, 3.05) is 27.6 Å². The number of fused-ring (bicyclic) bond motifs is 3. The molecule has 140 valence electrons.